The minimum absolute atomic E-state index is 0.0319. The van der Waals surface area contributed by atoms with Gasteiger partial charge in [-0.2, -0.15) is 0 Å². The van der Waals surface area contributed by atoms with Gasteiger partial charge < -0.3 is 10.8 Å². The summed E-state index contributed by atoms with van der Waals surface area (Å²) in [6, 6.07) is 2.96. The second kappa shape index (κ2) is 14.8. The summed E-state index contributed by atoms with van der Waals surface area (Å²) < 4.78 is 15.0. The molecule has 4 heteroatoms. The van der Waals surface area contributed by atoms with Gasteiger partial charge in [0.05, 0.1) is 11.6 Å². The predicted octanol–water partition coefficient (Wildman–Crippen LogP) is 7.21. The topological polar surface area (TPSA) is 49.5 Å². The molecular weight excluding hydrogens is 375 g/mol. The Morgan fingerprint density at radius 1 is 1.23 bits per heavy atom. The third-order valence-corrected chi connectivity index (χ3v) is 4.76. The first-order chi connectivity index (χ1) is 14.3. The van der Waals surface area contributed by atoms with Crippen LogP contribution >= 0.6 is 0 Å². The van der Waals surface area contributed by atoms with Crippen LogP contribution < -0.4 is 5.73 Å². The van der Waals surface area contributed by atoms with Crippen molar-refractivity contribution in [3.8, 4) is 5.75 Å². The largest absolute Gasteiger partial charge is 0.507 e. The van der Waals surface area contributed by atoms with E-state index in [0.29, 0.717) is 18.0 Å². The fourth-order valence-corrected chi connectivity index (χ4v) is 3.18. The van der Waals surface area contributed by atoms with Crippen LogP contribution in [0.1, 0.15) is 90.8 Å². The summed E-state index contributed by atoms with van der Waals surface area (Å²) in [5.74, 6) is 0.0846. The highest BCUT2D eigenvalue weighted by Crippen LogP contribution is 2.44. The molecular formula is C26H43FN2O. The number of hydrogen-bond acceptors (Lipinski definition) is 3. The average Bonchev–Trinajstić information content (AvgIpc) is 3.57. The average molecular weight is 419 g/mol. The van der Waals surface area contributed by atoms with Crippen LogP contribution in [-0.4, -0.2) is 23.6 Å². The van der Waals surface area contributed by atoms with E-state index in [1.54, 1.807) is 12.1 Å². The maximum absolute atomic E-state index is 15.0. The van der Waals surface area contributed by atoms with Gasteiger partial charge in [-0.15, -0.1) is 0 Å². The Labute approximate surface area is 184 Å². The van der Waals surface area contributed by atoms with Crippen LogP contribution in [0.2, 0.25) is 0 Å². The zero-order valence-electron chi connectivity index (χ0n) is 20.3. The molecule has 1 saturated carbocycles. The molecule has 3 N–H and O–H groups in total. The lowest BCUT2D eigenvalue weighted by Crippen LogP contribution is -2.27. The minimum atomic E-state index is -0.361. The lowest BCUT2D eigenvalue weighted by molar-refractivity contribution is 0.289. The van der Waals surface area contributed by atoms with Gasteiger partial charge in [-0.3, -0.25) is 4.90 Å². The number of benzene rings is 1. The monoisotopic (exact) mass is 418 g/mol. The molecule has 0 bridgehead atoms. The molecule has 1 fully saturated rings. The molecule has 0 saturated heterocycles. The molecule has 1 unspecified atom stereocenters. The van der Waals surface area contributed by atoms with Crippen LogP contribution in [-0.2, 0) is 0 Å². The summed E-state index contributed by atoms with van der Waals surface area (Å²) in [6.07, 6.45) is 11.0. The van der Waals surface area contributed by atoms with E-state index in [9.17, 15) is 9.50 Å². The fourth-order valence-electron chi connectivity index (χ4n) is 3.18. The number of phenols is 1. The molecule has 0 amide bonds. The van der Waals surface area contributed by atoms with Gasteiger partial charge in [0.25, 0.3) is 0 Å². The maximum Gasteiger partial charge on any atom is 0.132 e. The first kappa shape index (κ1) is 27.9. The molecule has 0 radical (unpaired) electrons. The van der Waals surface area contributed by atoms with Crippen LogP contribution in [0.15, 0.2) is 47.7 Å². The highest BCUT2D eigenvalue weighted by Gasteiger charge is 2.29. The van der Waals surface area contributed by atoms with Gasteiger partial charge >= 0.3 is 0 Å². The normalized spacial score (nSPS) is 15.4. The fraction of sp³-hybridized carbons (Fsp3) is 0.538. The van der Waals surface area contributed by atoms with Crippen molar-refractivity contribution in [2.75, 3.05) is 13.6 Å². The van der Waals surface area contributed by atoms with Crippen molar-refractivity contribution in [3.05, 3.63) is 64.7 Å². The maximum atomic E-state index is 15.0. The number of halogens is 1. The Morgan fingerprint density at radius 3 is 2.30 bits per heavy atom. The predicted molar refractivity (Wildman–Crippen MR) is 129 cm³/mol. The lowest BCUT2D eigenvalue weighted by Gasteiger charge is -2.29. The van der Waals surface area contributed by atoms with Gasteiger partial charge in [0, 0.05) is 12.2 Å². The number of likely N-dealkylation sites (N-methyl/N-ethyl adjacent to an activating group) is 1. The van der Waals surface area contributed by atoms with Crippen LogP contribution in [0.25, 0.3) is 0 Å². The van der Waals surface area contributed by atoms with Crippen molar-refractivity contribution < 1.29 is 9.50 Å². The van der Waals surface area contributed by atoms with Crippen molar-refractivity contribution in [1.82, 2.24) is 4.90 Å². The highest BCUT2D eigenvalue weighted by atomic mass is 19.1. The number of allylic oxidation sites excluding steroid dienone is 4. The number of phenolic OH excluding ortho intramolecular Hbond substituents is 1. The molecule has 2 rings (SSSR count). The molecule has 0 heterocycles. The molecule has 30 heavy (non-hydrogen) atoms. The van der Waals surface area contributed by atoms with E-state index in [2.05, 4.69) is 13.0 Å². The van der Waals surface area contributed by atoms with Gasteiger partial charge in [-0.1, -0.05) is 64.5 Å². The Morgan fingerprint density at radius 2 is 1.83 bits per heavy atom. The number of rotatable bonds is 8. The first-order valence-corrected chi connectivity index (χ1v) is 11.3. The zero-order chi connectivity index (χ0) is 23.3. The van der Waals surface area contributed by atoms with Crippen LogP contribution in [0.3, 0.4) is 0 Å². The number of nitrogens with two attached hydrogens (primary N) is 1. The summed E-state index contributed by atoms with van der Waals surface area (Å²) in [4.78, 5) is 2.00. The van der Waals surface area contributed by atoms with Crippen molar-refractivity contribution in [2.45, 2.75) is 79.7 Å². The molecule has 0 spiro atoms. The SMILES string of the molecule is CC.CC.CC/C=C\C=C(/C)C(c1c(O)cc(C2CC2)cc1F)N(C)C/C=C(\C)N. The van der Waals surface area contributed by atoms with E-state index < -0.39 is 0 Å². The van der Waals surface area contributed by atoms with E-state index in [1.807, 2.05) is 71.7 Å². The van der Waals surface area contributed by atoms with Gasteiger partial charge in [0.1, 0.15) is 11.6 Å². The quantitative estimate of drug-likeness (QED) is 0.439. The smallest absolute Gasteiger partial charge is 0.132 e. The zero-order valence-corrected chi connectivity index (χ0v) is 20.3. The van der Waals surface area contributed by atoms with Crippen LogP contribution in [0.5, 0.6) is 5.75 Å². The lowest BCUT2D eigenvalue weighted by atomic mass is 9.94. The molecule has 1 aromatic rings. The third-order valence-electron chi connectivity index (χ3n) is 4.76. The molecule has 170 valence electrons. The standard InChI is InChI=1S/C22H31FN2O.2C2H6/c1-5-6-7-8-15(2)22(25(4)12-11-16(3)24)21-19(23)13-18(14-20(21)26)17-9-10-17;2*1-2/h6-8,11,13-14,17,22,26H,5,9-10,12,24H2,1-4H3;2*1-2H3/b7-6-,15-8+,16-11+;;. The summed E-state index contributed by atoms with van der Waals surface area (Å²) in [7, 11) is 1.92. The first-order valence-electron chi connectivity index (χ1n) is 11.3. The second-order valence-electron chi connectivity index (χ2n) is 7.25. The number of hydrogen-bond donors (Lipinski definition) is 2. The third kappa shape index (κ3) is 8.74. The van der Waals surface area contributed by atoms with Gasteiger partial charge in [-0.25, -0.2) is 4.39 Å². The van der Waals surface area contributed by atoms with Crippen LogP contribution in [0, 0.1) is 5.82 Å². The number of aromatic hydroxyl groups is 1. The molecule has 3 nitrogen and oxygen atoms in total. The molecule has 1 atom stereocenters. The minimum Gasteiger partial charge on any atom is -0.507 e. The van der Waals surface area contributed by atoms with E-state index >= 15 is 0 Å². The molecule has 1 aromatic carbocycles. The van der Waals surface area contributed by atoms with Crippen molar-refractivity contribution in [1.29, 1.82) is 0 Å². The van der Waals surface area contributed by atoms with Gasteiger partial charge in [0.15, 0.2) is 0 Å². The summed E-state index contributed by atoms with van der Waals surface area (Å²) >= 11 is 0. The summed E-state index contributed by atoms with van der Waals surface area (Å²) in [5.41, 5.74) is 8.68. The van der Waals surface area contributed by atoms with Gasteiger partial charge in [-0.05, 0) is 63.8 Å². The molecule has 0 aromatic heterocycles. The van der Waals surface area contributed by atoms with E-state index in [1.165, 1.54) is 0 Å². The van der Waals surface area contributed by atoms with Crippen molar-refractivity contribution in [3.63, 3.8) is 0 Å². The second-order valence-corrected chi connectivity index (χ2v) is 7.25. The Kier molecular flexibility index (Phi) is 13.8. The molecule has 1 aliphatic carbocycles. The Bertz CT molecular complexity index is 691. The molecule has 0 aliphatic heterocycles. The van der Waals surface area contributed by atoms with Crippen molar-refractivity contribution in [2.24, 2.45) is 5.73 Å². The summed E-state index contributed by atoms with van der Waals surface area (Å²) in [6.45, 7) is 14.4. The number of nitrogens with zero attached hydrogens (tertiary/aromatic N) is 1. The summed E-state index contributed by atoms with van der Waals surface area (Å²) in [5, 5.41) is 10.6. The van der Waals surface area contributed by atoms with Gasteiger partial charge in [0.2, 0.25) is 0 Å². The Balaban J connectivity index is 0.00000198. The Hall–Kier alpha value is -2.07. The van der Waals surface area contributed by atoms with Crippen LogP contribution in [0.4, 0.5) is 4.39 Å². The highest BCUT2D eigenvalue weighted by molar-refractivity contribution is 5.45. The van der Waals surface area contributed by atoms with E-state index in [0.717, 1.165) is 36.1 Å². The molecule has 1 aliphatic rings. The van der Waals surface area contributed by atoms with E-state index in [-0.39, 0.29) is 17.6 Å². The van der Waals surface area contributed by atoms with Crippen molar-refractivity contribution >= 4 is 0 Å². The van der Waals surface area contributed by atoms with E-state index in [4.69, 9.17) is 5.73 Å².